The maximum atomic E-state index is 14.0. The molecule has 0 bridgehead atoms. The Balaban J connectivity index is 1.43. The molecule has 0 spiro atoms. The number of benzene rings is 3. The molecule has 0 radical (unpaired) electrons. The van der Waals surface area contributed by atoms with E-state index in [4.69, 9.17) is 14.2 Å². The summed E-state index contributed by atoms with van der Waals surface area (Å²) in [5.41, 5.74) is 2.69. The number of halogens is 3. The van der Waals surface area contributed by atoms with Crippen molar-refractivity contribution in [1.29, 1.82) is 5.26 Å². The molecular weight excluding hydrogens is 483 g/mol. The van der Waals surface area contributed by atoms with Crippen molar-refractivity contribution in [3.8, 4) is 17.6 Å². The molecule has 0 N–H and O–H groups in total. The van der Waals surface area contributed by atoms with E-state index in [1.54, 1.807) is 36.4 Å². The molecular formula is C29H24F3NO4. The number of methoxy groups -OCH3 is 1. The number of alkyl halides is 3. The molecule has 0 saturated carbocycles. The number of carbonyl (C=O) groups excluding carboxylic acids is 1. The number of carbonyl (C=O) groups is 1. The van der Waals surface area contributed by atoms with Crippen LogP contribution in [0, 0.1) is 11.3 Å². The average molecular weight is 508 g/mol. The summed E-state index contributed by atoms with van der Waals surface area (Å²) >= 11 is 0. The number of hydrogen-bond donors (Lipinski definition) is 0. The van der Waals surface area contributed by atoms with Gasteiger partial charge in [-0.05, 0) is 59.7 Å². The van der Waals surface area contributed by atoms with Gasteiger partial charge >= 0.3 is 12.1 Å². The highest BCUT2D eigenvalue weighted by molar-refractivity contribution is 5.71. The Bertz CT molecular complexity index is 1390. The van der Waals surface area contributed by atoms with Gasteiger partial charge in [0, 0.05) is 17.5 Å². The number of fused-ring (bicyclic) bond motifs is 2. The molecule has 0 amide bonds. The molecule has 5 rings (SSSR count). The molecule has 190 valence electrons. The van der Waals surface area contributed by atoms with Crippen LogP contribution in [-0.4, -0.2) is 19.7 Å². The lowest BCUT2D eigenvalue weighted by Crippen LogP contribution is -2.13. The highest BCUT2D eigenvalue weighted by Gasteiger charge is 2.38. The largest absolute Gasteiger partial charge is 0.492 e. The lowest BCUT2D eigenvalue weighted by Gasteiger charge is -2.20. The summed E-state index contributed by atoms with van der Waals surface area (Å²) in [6.45, 7) is 0.369. The van der Waals surface area contributed by atoms with Crippen molar-refractivity contribution >= 4 is 5.97 Å². The summed E-state index contributed by atoms with van der Waals surface area (Å²) < 4.78 is 58.6. The number of hydrogen-bond acceptors (Lipinski definition) is 5. The third kappa shape index (κ3) is 4.86. The second kappa shape index (κ2) is 9.81. The predicted molar refractivity (Wildman–Crippen MR) is 128 cm³/mol. The third-order valence-electron chi connectivity index (χ3n) is 7.07. The van der Waals surface area contributed by atoms with Crippen molar-refractivity contribution in [2.45, 2.75) is 43.9 Å². The van der Waals surface area contributed by atoms with E-state index in [2.05, 4.69) is 6.07 Å². The molecule has 0 saturated heterocycles. The molecule has 1 aliphatic carbocycles. The maximum Gasteiger partial charge on any atom is 0.416 e. The van der Waals surface area contributed by atoms with Crippen LogP contribution >= 0.6 is 0 Å². The lowest BCUT2D eigenvalue weighted by atomic mass is 9.90. The van der Waals surface area contributed by atoms with Gasteiger partial charge in [0.25, 0.3) is 0 Å². The zero-order chi connectivity index (χ0) is 26.2. The van der Waals surface area contributed by atoms with Crippen LogP contribution in [0.3, 0.4) is 0 Å². The molecule has 5 nitrogen and oxygen atoms in total. The van der Waals surface area contributed by atoms with Crippen molar-refractivity contribution < 1.29 is 32.2 Å². The quantitative estimate of drug-likeness (QED) is 0.368. The molecule has 8 heteroatoms. The highest BCUT2D eigenvalue weighted by Crippen LogP contribution is 2.44. The van der Waals surface area contributed by atoms with E-state index in [0.717, 1.165) is 17.2 Å². The Morgan fingerprint density at radius 2 is 1.92 bits per heavy atom. The van der Waals surface area contributed by atoms with Gasteiger partial charge in [-0.25, -0.2) is 0 Å². The number of ether oxygens (including phenoxy) is 3. The number of rotatable bonds is 6. The maximum absolute atomic E-state index is 14.0. The summed E-state index contributed by atoms with van der Waals surface area (Å²) in [5.74, 6) is 0.775. The number of nitrogens with zero attached hydrogens (tertiary/aromatic N) is 1. The molecule has 37 heavy (non-hydrogen) atoms. The Morgan fingerprint density at radius 1 is 1.14 bits per heavy atom. The van der Waals surface area contributed by atoms with Crippen LogP contribution in [0.2, 0.25) is 0 Å². The molecule has 2 aliphatic rings. The molecule has 1 aliphatic heterocycles. The fraction of sp³-hybridized carbons (Fsp3) is 0.310. The minimum absolute atomic E-state index is 0.0166. The highest BCUT2D eigenvalue weighted by atomic mass is 19.4. The van der Waals surface area contributed by atoms with E-state index < -0.39 is 17.8 Å². The van der Waals surface area contributed by atoms with Crippen LogP contribution in [0.15, 0.2) is 54.6 Å². The van der Waals surface area contributed by atoms with Crippen molar-refractivity contribution in [2.24, 2.45) is 0 Å². The second-order valence-corrected chi connectivity index (χ2v) is 9.24. The Kier molecular flexibility index (Phi) is 6.55. The number of esters is 1. The van der Waals surface area contributed by atoms with E-state index in [0.29, 0.717) is 47.6 Å². The first kappa shape index (κ1) is 24.7. The smallest absolute Gasteiger partial charge is 0.416 e. The fourth-order valence-corrected chi connectivity index (χ4v) is 5.25. The molecule has 3 aromatic rings. The van der Waals surface area contributed by atoms with Gasteiger partial charge in [0.2, 0.25) is 0 Å². The van der Waals surface area contributed by atoms with Crippen molar-refractivity contribution in [3.05, 3.63) is 93.5 Å². The Hall–Kier alpha value is -3.99. The monoisotopic (exact) mass is 507 g/mol. The van der Waals surface area contributed by atoms with Crippen LogP contribution in [0.1, 0.15) is 63.8 Å². The summed E-state index contributed by atoms with van der Waals surface area (Å²) in [6.07, 6.45) is -3.71. The third-order valence-corrected chi connectivity index (χ3v) is 7.07. The van der Waals surface area contributed by atoms with Gasteiger partial charge in [-0.3, -0.25) is 4.79 Å². The van der Waals surface area contributed by atoms with E-state index in [9.17, 15) is 23.2 Å². The molecule has 1 heterocycles. The topological polar surface area (TPSA) is 68.6 Å². The SMILES string of the molecule is COC(=O)CC1COc2cc(O[C@@H]3CCc4c3ccc(C(F)(F)F)c4Cc3ccccc3C#N)ccc21. The van der Waals surface area contributed by atoms with Gasteiger partial charge < -0.3 is 14.2 Å². The van der Waals surface area contributed by atoms with Gasteiger partial charge in [-0.15, -0.1) is 0 Å². The molecule has 1 unspecified atom stereocenters. The van der Waals surface area contributed by atoms with Crippen LogP contribution in [-0.2, 0) is 28.5 Å². The molecule has 0 fully saturated rings. The van der Waals surface area contributed by atoms with Crippen molar-refractivity contribution in [2.75, 3.05) is 13.7 Å². The molecule has 2 atom stereocenters. The van der Waals surface area contributed by atoms with Gasteiger partial charge in [-0.2, -0.15) is 18.4 Å². The zero-order valence-electron chi connectivity index (χ0n) is 20.1. The van der Waals surface area contributed by atoms with Gasteiger partial charge in [0.15, 0.2) is 0 Å². The Labute approximate surface area is 212 Å². The van der Waals surface area contributed by atoms with E-state index in [-0.39, 0.29) is 30.3 Å². The first-order chi connectivity index (χ1) is 17.8. The summed E-state index contributed by atoms with van der Waals surface area (Å²) in [7, 11) is 1.35. The molecule has 3 aromatic carbocycles. The van der Waals surface area contributed by atoms with Crippen LogP contribution in [0.5, 0.6) is 11.5 Å². The number of nitriles is 1. The minimum Gasteiger partial charge on any atom is -0.492 e. The Morgan fingerprint density at radius 3 is 2.68 bits per heavy atom. The first-order valence-corrected chi connectivity index (χ1v) is 12.0. The van der Waals surface area contributed by atoms with E-state index in [1.165, 1.54) is 13.2 Å². The standard InChI is InChI=1S/C29H24F3NO4/c1-35-28(34)13-19-16-36-27-14-20(6-7-21(19)27)37-26-11-9-22-23(26)8-10-25(29(30,31)32)24(22)12-17-4-2-3-5-18(17)15-33/h2-8,10,14,19,26H,9,11-13,16H2,1H3/t19?,26-/m1/s1. The fourth-order valence-electron chi connectivity index (χ4n) is 5.25. The van der Waals surface area contributed by atoms with Gasteiger partial charge in [-0.1, -0.05) is 30.3 Å². The van der Waals surface area contributed by atoms with Crippen LogP contribution in [0.4, 0.5) is 13.2 Å². The lowest BCUT2D eigenvalue weighted by molar-refractivity contribution is -0.141. The second-order valence-electron chi connectivity index (χ2n) is 9.24. The van der Waals surface area contributed by atoms with Gasteiger partial charge in [0.1, 0.15) is 17.6 Å². The van der Waals surface area contributed by atoms with Crippen molar-refractivity contribution in [3.63, 3.8) is 0 Å². The summed E-state index contributed by atoms with van der Waals surface area (Å²) in [4.78, 5) is 11.7. The summed E-state index contributed by atoms with van der Waals surface area (Å²) in [6, 6.07) is 16.9. The predicted octanol–water partition coefficient (Wildman–Crippen LogP) is 6.27. The van der Waals surface area contributed by atoms with Crippen LogP contribution < -0.4 is 9.47 Å². The van der Waals surface area contributed by atoms with E-state index >= 15 is 0 Å². The minimum atomic E-state index is -4.51. The van der Waals surface area contributed by atoms with Crippen LogP contribution in [0.25, 0.3) is 0 Å². The van der Waals surface area contributed by atoms with E-state index in [1.807, 2.05) is 6.07 Å². The first-order valence-electron chi connectivity index (χ1n) is 12.0. The zero-order valence-corrected chi connectivity index (χ0v) is 20.1. The summed E-state index contributed by atoms with van der Waals surface area (Å²) in [5, 5.41) is 9.44. The van der Waals surface area contributed by atoms with Crippen molar-refractivity contribution in [1.82, 2.24) is 0 Å². The normalized spacial score (nSPS) is 17.9. The van der Waals surface area contributed by atoms with Gasteiger partial charge in [0.05, 0.1) is 37.3 Å². The molecule has 0 aromatic heterocycles. The average Bonchev–Trinajstić information content (AvgIpc) is 3.47.